The summed E-state index contributed by atoms with van der Waals surface area (Å²) in [7, 11) is -3.51. The summed E-state index contributed by atoms with van der Waals surface area (Å²) in [5.74, 6) is 0.329. The second-order valence-electron chi connectivity index (χ2n) is 4.65. The van der Waals surface area contributed by atoms with Crippen molar-refractivity contribution in [1.29, 1.82) is 0 Å². The minimum atomic E-state index is -3.51. The second kappa shape index (κ2) is 6.45. The van der Waals surface area contributed by atoms with Crippen LogP contribution in [-0.4, -0.2) is 28.7 Å². The summed E-state index contributed by atoms with van der Waals surface area (Å²) in [6.07, 6.45) is 3.56. The minimum Gasteiger partial charge on any atom is -0.381 e. The normalized spacial score (nSPS) is 13.4. The third kappa shape index (κ3) is 3.39. The van der Waals surface area contributed by atoms with Crippen LogP contribution in [0.5, 0.6) is 0 Å². The summed E-state index contributed by atoms with van der Waals surface area (Å²) in [5, 5.41) is 16.1. The van der Waals surface area contributed by atoms with Crippen molar-refractivity contribution in [1.82, 2.24) is 15.2 Å². The standard InChI is InChI=1S/C15H13N3O3S2/c19-13(15-16-10-17-18-15)8-6-11-7-9-14(22-11)23(20,21)12-4-2-1-3-5-12/h1-10,13,19H,(H,16,17,18). The van der Waals surface area contributed by atoms with Gasteiger partial charge in [-0.2, -0.15) is 5.10 Å². The number of aliphatic hydroxyl groups excluding tert-OH is 1. The van der Waals surface area contributed by atoms with Crippen molar-refractivity contribution in [3.8, 4) is 0 Å². The van der Waals surface area contributed by atoms with Gasteiger partial charge in [0.15, 0.2) is 5.82 Å². The molecular weight excluding hydrogens is 334 g/mol. The SMILES string of the molecule is O=S(=O)(c1ccccc1)c1ccc(C=CC(O)c2ncn[nH]2)s1. The number of hydrogen-bond acceptors (Lipinski definition) is 6. The number of benzene rings is 1. The van der Waals surface area contributed by atoms with E-state index in [1.807, 2.05) is 0 Å². The van der Waals surface area contributed by atoms with E-state index in [0.717, 1.165) is 16.2 Å². The Kier molecular flexibility index (Phi) is 4.37. The summed E-state index contributed by atoms with van der Waals surface area (Å²) in [4.78, 5) is 4.84. The predicted octanol–water partition coefficient (Wildman–Crippen LogP) is 2.45. The molecule has 0 spiro atoms. The molecule has 118 valence electrons. The Morgan fingerprint density at radius 1 is 1.17 bits per heavy atom. The van der Waals surface area contributed by atoms with Crippen molar-refractivity contribution >= 4 is 27.3 Å². The van der Waals surface area contributed by atoms with Gasteiger partial charge in [0.2, 0.25) is 9.84 Å². The van der Waals surface area contributed by atoms with E-state index >= 15 is 0 Å². The van der Waals surface area contributed by atoms with Crippen LogP contribution in [-0.2, 0) is 9.84 Å². The maximum absolute atomic E-state index is 12.5. The number of thiophene rings is 1. The number of hydrogen-bond donors (Lipinski definition) is 2. The number of H-pyrrole nitrogens is 1. The van der Waals surface area contributed by atoms with Gasteiger partial charge in [-0.25, -0.2) is 13.4 Å². The number of sulfone groups is 1. The number of nitrogens with one attached hydrogen (secondary N) is 1. The Labute approximate surface area is 137 Å². The monoisotopic (exact) mass is 347 g/mol. The summed E-state index contributed by atoms with van der Waals surface area (Å²) < 4.78 is 25.2. The molecule has 0 fully saturated rings. The molecule has 1 aromatic carbocycles. The first-order valence-corrected chi connectivity index (χ1v) is 8.99. The van der Waals surface area contributed by atoms with Gasteiger partial charge in [-0.1, -0.05) is 18.2 Å². The van der Waals surface area contributed by atoms with Crippen LogP contribution in [0.3, 0.4) is 0 Å². The van der Waals surface area contributed by atoms with E-state index in [2.05, 4.69) is 15.2 Å². The van der Waals surface area contributed by atoms with Gasteiger partial charge in [0, 0.05) is 4.88 Å². The number of aromatic nitrogens is 3. The first-order valence-electron chi connectivity index (χ1n) is 6.69. The van der Waals surface area contributed by atoms with Crippen molar-refractivity contribution in [2.75, 3.05) is 0 Å². The van der Waals surface area contributed by atoms with Gasteiger partial charge in [0.1, 0.15) is 16.6 Å². The molecule has 0 saturated carbocycles. The number of nitrogens with zero attached hydrogens (tertiary/aromatic N) is 2. The van der Waals surface area contributed by atoms with Crippen LogP contribution in [0.15, 0.2) is 64.0 Å². The van der Waals surface area contributed by atoms with E-state index in [0.29, 0.717) is 5.82 Å². The molecule has 2 aromatic heterocycles. The van der Waals surface area contributed by atoms with Gasteiger partial charge < -0.3 is 5.11 Å². The molecule has 0 saturated heterocycles. The Balaban J connectivity index is 1.81. The molecule has 0 aliphatic rings. The first-order chi connectivity index (χ1) is 11.1. The van der Waals surface area contributed by atoms with Crippen molar-refractivity contribution in [3.05, 3.63) is 65.6 Å². The molecule has 23 heavy (non-hydrogen) atoms. The Morgan fingerprint density at radius 2 is 1.96 bits per heavy atom. The summed E-state index contributed by atoms with van der Waals surface area (Å²) >= 11 is 1.14. The maximum atomic E-state index is 12.5. The first kappa shape index (κ1) is 15.6. The lowest BCUT2D eigenvalue weighted by Crippen LogP contribution is -1.98. The fraction of sp³-hybridized carbons (Fsp3) is 0.0667. The molecule has 2 heterocycles. The largest absolute Gasteiger partial charge is 0.381 e. The highest BCUT2D eigenvalue weighted by molar-refractivity contribution is 7.93. The molecule has 3 rings (SSSR count). The van der Waals surface area contributed by atoms with E-state index in [4.69, 9.17) is 0 Å². The highest BCUT2D eigenvalue weighted by atomic mass is 32.2. The smallest absolute Gasteiger partial charge is 0.215 e. The summed E-state index contributed by atoms with van der Waals surface area (Å²) in [6, 6.07) is 11.5. The Morgan fingerprint density at radius 3 is 2.65 bits per heavy atom. The molecule has 0 aliphatic carbocycles. The van der Waals surface area contributed by atoms with Gasteiger partial charge in [0.05, 0.1) is 4.90 Å². The molecule has 0 amide bonds. The number of aliphatic hydroxyl groups is 1. The number of rotatable bonds is 5. The number of aromatic amines is 1. The van der Waals surface area contributed by atoms with Crippen molar-refractivity contribution in [2.45, 2.75) is 15.2 Å². The van der Waals surface area contributed by atoms with Crippen molar-refractivity contribution in [2.24, 2.45) is 0 Å². The van der Waals surface area contributed by atoms with Crippen LogP contribution >= 0.6 is 11.3 Å². The molecule has 8 heteroatoms. The fourth-order valence-electron chi connectivity index (χ4n) is 1.92. The van der Waals surface area contributed by atoms with Crippen molar-refractivity contribution in [3.63, 3.8) is 0 Å². The summed E-state index contributed by atoms with van der Waals surface area (Å²) in [5.41, 5.74) is 0. The maximum Gasteiger partial charge on any atom is 0.215 e. The Bertz CT molecular complexity index is 901. The van der Waals surface area contributed by atoms with Crippen LogP contribution in [0, 0.1) is 0 Å². The molecule has 1 unspecified atom stereocenters. The highest BCUT2D eigenvalue weighted by Gasteiger charge is 2.19. The molecule has 3 aromatic rings. The minimum absolute atomic E-state index is 0.262. The third-order valence-electron chi connectivity index (χ3n) is 3.08. The lowest BCUT2D eigenvalue weighted by atomic mass is 10.3. The van der Waals surface area contributed by atoms with Gasteiger partial charge in [-0.3, -0.25) is 5.10 Å². The van der Waals surface area contributed by atoms with Gasteiger partial charge in [0.25, 0.3) is 0 Å². The average Bonchev–Trinajstić information content (AvgIpc) is 3.25. The van der Waals surface area contributed by atoms with E-state index in [1.54, 1.807) is 48.5 Å². The molecule has 2 N–H and O–H groups in total. The topological polar surface area (TPSA) is 95.9 Å². The molecule has 1 atom stereocenters. The van der Waals surface area contributed by atoms with Crippen LogP contribution in [0.1, 0.15) is 16.8 Å². The third-order valence-corrected chi connectivity index (χ3v) is 6.39. The van der Waals surface area contributed by atoms with E-state index in [9.17, 15) is 13.5 Å². The van der Waals surface area contributed by atoms with E-state index in [1.165, 1.54) is 12.4 Å². The van der Waals surface area contributed by atoms with Crippen molar-refractivity contribution < 1.29 is 13.5 Å². The van der Waals surface area contributed by atoms with Crippen LogP contribution in [0.2, 0.25) is 0 Å². The lowest BCUT2D eigenvalue weighted by molar-refractivity contribution is 0.219. The average molecular weight is 347 g/mol. The fourth-order valence-corrected chi connectivity index (χ4v) is 4.58. The zero-order valence-corrected chi connectivity index (χ0v) is 13.5. The molecular formula is C15H13N3O3S2. The quantitative estimate of drug-likeness (QED) is 0.739. The molecule has 0 aliphatic heterocycles. The van der Waals surface area contributed by atoms with Gasteiger partial charge in [-0.15, -0.1) is 11.3 Å². The molecule has 0 radical (unpaired) electrons. The van der Waals surface area contributed by atoms with Gasteiger partial charge in [-0.05, 0) is 36.4 Å². The molecule has 0 bridgehead atoms. The predicted molar refractivity (Wildman–Crippen MR) is 86.6 cm³/mol. The van der Waals surface area contributed by atoms with Crippen LogP contribution in [0.25, 0.3) is 6.08 Å². The van der Waals surface area contributed by atoms with Crippen LogP contribution < -0.4 is 0 Å². The Hall–Kier alpha value is -2.29. The molecule has 6 nitrogen and oxygen atoms in total. The summed E-state index contributed by atoms with van der Waals surface area (Å²) in [6.45, 7) is 0. The van der Waals surface area contributed by atoms with E-state index in [-0.39, 0.29) is 9.10 Å². The second-order valence-corrected chi connectivity index (χ2v) is 7.94. The highest BCUT2D eigenvalue weighted by Crippen LogP contribution is 2.28. The van der Waals surface area contributed by atoms with Crippen LogP contribution in [0.4, 0.5) is 0 Å². The lowest BCUT2D eigenvalue weighted by Gasteiger charge is -2.00. The van der Waals surface area contributed by atoms with E-state index < -0.39 is 15.9 Å². The van der Waals surface area contributed by atoms with Gasteiger partial charge >= 0.3 is 0 Å². The zero-order chi connectivity index (χ0) is 16.3. The zero-order valence-electron chi connectivity index (χ0n) is 11.8.